The zero-order chi connectivity index (χ0) is 9.64. The molecule has 0 saturated heterocycles. The Bertz CT molecular complexity index is 345. The first-order valence-corrected chi connectivity index (χ1v) is 4.54. The zero-order valence-corrected chi connectivity index (χ0v) is 8.04. The van der Waals surface area contributed by atoms with Crippen LogP contribution >= 0.6 is 0 Å². The van der Waals surface area contributed by atoms with Crippen LogP contribution in [-0.4, -0.2) is 21.4 Å². The van der Waals surface area contributed by atoms with E-state index in [9.17, 15) is 5.11 Å². The van der Waals surface area contributed by atoms with Gasteiger partial charge in [0.1, 0.15) is 5.60 Å². The van der Waals surface area contributed by atoms with Gasteiger partial charge in [0, 0.05) is 24.8 Å². The second-order valence-corrected chi connectivity index (χ2v) is 3.77. The summed E-state index contributed by atoms with van der Waals surface area (Å²) < 4.78 is 1.81. The maximum Gasteiger partial charge on any atom is 0.106 e. The van der Waals surface area contributed by atoms with Gasteiger partial charge >= 0.3 is 0 Å². The minimum atomic E-state index is -0.826. The fourth-order valence-corrected chi connectivity index (χ4v) is 2.11. The predicted octanol–water partition coefficient (Wildman–Crippen LogP) is -0.179. The Hall–Kier alpha value is -0.870. The van der Waals surface area contributed by atoms with E-state index in [1.165, 1.54) is 0 Å². The van der Waals surface area contributed by atoms with Gasteiger partial charge in [-0.25, -0.2) is 0 Å². The van der Waals surface area contributed by atoms with Crippen LogP contribution in [0.1, 0.15) is 23.4 Å². The first-order chi connectivity index (χ1) is 6.08. The number of nitrogens with zero attached hydrogens (tertiary/aromatic N) is 2. The Kier molecular flexibility index (Phi) is 1.72. The lowest BCUT2D eigenvalue weighted by Crippen LogP contribution is -2.32. The van der Waals surface area contributed by atoms with Crippen LogP contribution in [0.25, 0.3) is 0 Å². The molecule has 13 heavy (non-hydrogen) atoms. The highest BCUT2D eigenvalue weighted by molar-refractivity contribution is 5.36. The predicted molar refractivity (Wildman–Crippen MR) is 49.2 cm³/mol. The Labute approximate surface area is 77.4 Å². The number of aromatic nitrogens is 2. The fraction of sp³-hybridized carbons (Fsp3) is 0.667. The van der Waals surface area contributed by atoms with E-state index in [1.54, 1.807) is 0 Å². The van der Waals surface area contributed by atoms with E-state index in [0.29, 0.717) is 6.42 Å². The monoisotopic (exact) mass is 181 g/mol. The topological polar surface area (TPSA) is 64.1 Å². The number of rotatable bonds is 1. The highest BCUT2D eigenvalue weighted by Gasteiger charge is 2.39. The Morgan fingerprint density at radius 3 is 3.00 bits per heavy atom. The third kappa shape index (κ3) is 1.02. The molecule has 0 fully saturated rings. The Morgan fingerprint density at radius 2 is 2.38 bits per heavy atom. The lowest BCUT2D eigenvalue weighted by molar-refractivity contribution is 0.0470. The highest BCUT2D eigenvalue weighted by Crippen LogP contribution is 2.37. The Balaban J connectivity index is 2.57. The molecule has 3 N–H and O–H groups in total. The van der Waals surface area contributed by atoms with Crippen LogP contribution in [0.3, 0.4) is 0 Å². The lowest BCUT2D eigenvalue weighted by atomic mass is 9.96. The molecular formula is C9H15N3O. The van der Waals surface area contributed by atoms with Crippen molar-refractivity contribution in [1.82, 2.24) is 9.78 Å². The van der Waals surface area contributed by atoms with E-state index in [1.807, 2.05) is 18.7 Å². The molecule has 1 aliphatic rings. The summed E-state index contributed by atoms with van der Waals surface area (Å²) in [5, 5.41) is 14.5. The summed E-state index contributed by atoms with van der Waals surface area (Å²) in [6.07, 6.45) is 1.55. The van der Waals surface area contributed by atoms with Crippen LogP contribution in [0.2, 0.25) is 0 Å². The molecule has 0 bridgehead atoms. The van der Waals surface area contributed by atoms with Crippen molar-refractivity contribution in [1.29, 1.82) is 0 Å². The van der Waals surface area contributed by atoms with Gasteiger partial charge in [0.2, 0.25) is 0 Å². The second kappa shape index (κ2) is 2.56. The molecule has 1 aliphatic carbocycles. The first kappa shape index (κ1) is 8.72. The van der Waals surface area contributed by atoms with Crippen molar-refractivity contribution < 1.29 is 5.11 Å². The fourth-order valence-electron chi connectivity index (χ4n) is 2.11. The molecule has 4 heteroatoms. The maximum absolute atomic E-state index is 10.2. The van der Waals surface area contributed by atoms with Gasteiger partial charge < -0.3 is 10.8 Å². The van der Waals surface area contributed by atoms with E-state index >= 15 is 0 Å². The van der Waals surface area contributed by atoms with Gasteiger partial charge in [0.15, 0.2) is 0 Å². The molecule has 0 aromatic carbocycles. The number of aliphatic hydroxyl groups is 1. The van der Waals surface area contributed by atoms with E-state index < -0.39 is 5.60 Å². The van der Waals surface area contributed by atoms with Gasteiger partial charge in [-0.15, -0.1) is 0 Å². The summed E-state index contributed by atoms with van der Waals surface area (Å²) >= 11 is 0. The standard InChI is InChI=1S/C9H15N3O/c1-6-8-7(11-12(6)2)3-4-9(8,13)5-10/h13H,3-5,10H2,1-2H3. The van der Waals surface area contributed by atoms with Crippen molar-refractivity contribution in [2.24, 2.45) is 12.8 Å². The molecule has 0 radical (unpaired) electrons. The molecule has 0 aliphatic heterocycles. The normalized spacial score (nSPS) is 26.5. The highest BCUT2D eigenvalue weighted by atomic mass is 16.3. The van der Waals surface area contributed by atoms with Crippen molar-refractivity contribution in [3.8, 4) is 0 Å². The molecule has 0 amide bonds. The summed E-state index contributed by atoms with van der Waals surface area (Å²) in [5.41, 5.74) is 7.74. The molecule has 4 nitrogen and oxygen atoms in total. The smallest absolute Gasteiger partial charge is 0.106 e. The minimum absolute atomic E-state index is 0.284. The zero-order valence-electron chi connectivity index (χ0n) is 8.04. The molecule has 1 atom stereocenters. The van der Waals surface area contributed by atoms with Crippen LogP contribution in [0.5, 0.6) is 0 Å². The SMILES string of the molecule is Cc1c2c(nn1C)CCC2(O)CN. The average molecular weight is 181 g/mol. The number of fused-ring (bicyclic) bond motifs is 1. The number of nitrogens with two attached hydrogens (primary N) is 1. The van der Waals surface area contributed by atoms with Crippen LogP contribution in [-0.2, 0) is 19.1 Å². The molecule has 1 heterocycles. The van der Waals surface area contributed by atoms with Crippen molar-refractivity contribution in [2.75, 3.05) is 6.54 Å². The van der Waals surface area contributed by atoms with Crippen LogP contribution in [0.4, 0.5) is 0 Å². The lowest BCUT2D eigenvalue weighted by Gasteiger charge is -2.21. The molecule has 2 rings (SSSR count). The average Bonchev–Trinajstić information content (AvgIpc) is 2.56. The molecular weight excluding hydrogens is 166 g/mol. The van der Waals surface area contributed by atoms with Gasteiger partial charge in [-0.1, -0.05) is 0 Å². The van der Waals surface area contributed by atoms with Gasteiger partial charge in [-0.2, -0.15) is 5.10 Å². The quantitative estimate of drug-likeness (QED) is 0.631. The summed E-state index contributed by atoms with van der Waals surface area (Å²) in [6.45, 7) is 2.25. The molecule has 72 valence electrons. The summed E-state index contributed by atoms with van der Waals surface area (Å²) in [4.78, 5) is 0. The minimum Gasteiger partial charge on any atom is -0.384 e. The Morgan fingerprint density at radius 1 is 1.69 bits per heavy atom. The maximum atomic E-state index is 10.2. The summed E-state index contributed by atoms with van der Waals surface area (Å²) in [6, 6.07) is 0. The van der Waals surface area contributed by atoms with Crippen LogP contribution in [0, 0.1) is 6.92 Å². The first-order valence-electron chi connectivity index (χ1n) is 4.54. The van der Waals surface area contributed by atoms with Crippen molar-refractivity contribution >= 4 is 0 Å². The van der Waals surface area contributed by atoms with Crippen LogP contribution < -0.4 is 5.73 Å². The number of aryl methyl sites for hydroxylation is 2. The molecule has 0 spiro atoms. The van der Waals surface area contributed by atoms with Gasteiger partial charge in [0.25, 0.3) is 0 Å². The van der Waals surface area contributed by atoms with Gasteiger partial charge in [-0.3, -0.25) is 4.68 Å². The molecule has 1 unspecified atom stereocenters. The third-order valence-electron chi connectivity index (χ3n) is 2.98. The van der Waals surface area contributed by atoms with Gasteiger partial charge in [0.05, 0.1) is 5.69 Å². The van der Waals surface area contributed by atoms with E-state index in [0.717, 1.165) is 23.4 Å². The largest absolute Gasteiger partial charge is 0.384 e. The van der Waals surface area contributed by atoms with Crippen molar-refractivity contribution in [3.63, 3.8) is 0 Å². The molecule has 1 aromatic heterocycles. The number of hydrogen-bond acceptors (Lipinski definition) is 3. The van der Waals surface area contributed by atoms with E-state index in [4.69, 9.17) is 5.73 Å². The van der Waals surface area contributed by atoms with E-state index in [-0.39, 0.29) is 6.54 Å². The van der Waals surface area contributed by atoms with Gasteiger partial charge in [-0.05, 0) is 19.8 Å². The van der Waals surface area contributed by atoms with Crippen LogP contribution in [0.15, 0.2) is 0 Å². The molecule has 0 saturated carbocycles. The number of hydrogen-bond donors (Lipinski definition) is 2. The van der Waals surface area contributed by atoms with Crippen molar-refractivity contribution in [2.45, 2.75) is 25.4 Å². The summed E-state index contributed by atoms with van der Waals surface area (Å²) in [7, 11) is 1.89. The molecule has 1 aromatic rings. The summed E-state index contributed by atoms with van der Waals surface area (Å²) in [5.74, 6) is 0. The second-order valence-electron chi connectivity index (χ2n) is 3.77. The van der Waals surface area contributed by atoms with E-state index in [2.05, 4.69) is 5.10 Å². The van der Waals surface area contributed by atoms with Crippen molar-refractivity contribution in [3.05, 3.63) is 17.0 Å². The third-order valence-corrected chi connectivity index (χ3v) is 2.98.